The van der Waals surface area contributed by atoms with E-state index in [1.807, 2.05) is 0 Å². The Morgan fingerprint density at radius 3 is 2.44 bits per heavy atom. The fourth-order valence-electron chi connectivity index (χ4n) is 3.66. The number of benzene rings is 1. The molecule has 3 N–H and O–H groups in total. The maximum absolute atomic E-state index is 13.5. The van der Waals surface area contributed by atoms with Crippen LogP contribution in [-0.2, 0) is 10.9 Å². The standard InChI is InChI=1S/C23H20Cl2F3N7O4/c1-12-9-13(24)10-14(20(36)31-32-22(38)34-5-7-39-8-6-34)18(12)30-21(37)16-11-17(23(26,27)28)33-35(16)19-15(25)3-2-4-29-19/h2-4,9-11H,5-8H2,1H3,(H,30,37)(H,31,36)(H,32,38). The Hall–Kier alpha value is -3.88. The predicted octanol–water partition coefficient (Wildman–Crippen LogP) is 3.84. The number of aryl methyl sites for hydroxylation is 1. The third-order valence-electron chi connectivity index (χ3n) is 5.54. The summed E-state index contributed by atoms with van der Waals surface area (Å²) in [7, 11) is 0. The van der Waals surface area contributed by atoms with Crippen molar-refractivity contribution >= 4 is 46.7 Å². The van der Waals surface area contributed by atoms with E-state index in [-0.39, 0.29) is 27.1 Å². The molecular formula is C23H20Cl2F3N7O4. The Labute approximate surface area is 229 Å². The van der Waals surface area contributed by atoms with Crippen molar-refractivity contribution in [2.75, 3.05) is 31.6 Å². The van der Waals surface area contributed by atoms with E-state index in [2.05, 4.69) is 26.3 Å². The molecule has 3 aromatic rings. The van der Waals surface area contributed by atoms with Crippen LogP contribution in [0.25, 0.3) is 5.82 Å². The molecule has 16 heteroatoms. The van der Waals surface area contributed by atoms with Gasteiger partial charge in [0, 0.05) is 30.4 Å². The number of hydrogen-bond donors (Lipinski definition) is 3. The minimum absolute atomic E-state index is 0.0536. The number of morpholine rings is 1. The Bertz CT molecular complexity index is 1430. The van der Waals surface area contributed by atoms with Gasteiger partial charge in [0.2, 0.25) is 0 Å². The van der Waals surface area contributed by atoms with E-state index >= 15 is 0 Å². The molecule has 2 aromatic heterocycles. The molecule has 39 heavy (non-hydrogen) atoms. The van der Waals surface area contributed by atoms with Gasteiger partial charge in [0.25, 0.3) is 11.8 Å². The van der Waals surface area contributed by atoms with Crippen molar-refractivity contribution in [1.82, 2.24) is 30.5 Å². The molecular weight excluding hydrogens is 566 g/mol. The van der Waals surface area contributed by atoms with E-state index in [0.717, 1.165) is 0 Å². The minimum atomic E-state index is -4.87. The van der Waals surface area contributed by atoms with Crippen LogP contribution in [-0.4, -0.2) is 63.8 Å². The van der Waals surface area contributed by atoms with Gasteiger partial charge in [-0.2, -0.15) is 18.3 Å². The average Bonchev–Trinajstić information content (AvgIpc) is 3.35. The van der Waals surface area contributed by atoms with Crippen molar-refractivity contribution in [3.8, 4) is 5.82 Å². The molecule has 206 valence electrons. The number of amides is 4. The number of rotatable bonds is 4. The Morgan fingerprint density at radius 2 is 1.77 bits per heavy atom. The molecule has 0 radical (unpaired) electrons. The van der Waals surface area contributed by atoms with Gasteiger partial charge in [-0.3, -0.25) is 15.0 Å². The zero-order valence-corrected chi connectivity index (χ0v) is 21.6. The molecule has 11 nitrogen and oxygen atoms in total. The van der Waals surface area contributed by atoms with Crippen molar-refractivity contribution in [3.63, 3.8) is 0 Å². The molecule has 0 spiro atoms. The van der Waals surface area contributed by atoms with Crippen LogP contribution in [0.15, 0.2) is 36.5 Å². The summed E-state index contributed by atoms with van der Waals surface area (Å²) < 4.78 is 46.3. The van der Waals surface area contributed by atoms with Gasteiger partial charge >= 0.3 is 12.2 Å². The lowest BCUT2D eigenvalue weighted by atomic mass is 10.1. The topological polar surface area (TPSA) is 130 Å². The maximum atomic E-state index is 13.5. The van der Waals surface area contributed by atoms with Gasteiger partial charge in [0.15, 0.2) is 11.5 Å². The first kappa shape index (κ1) is 28.1. The number of nitrogens with one attached hydrogen (secondary N) is 3. The third-order valence-corrected chi connectivity index (χ3v) is 6.05. The number of aromatic nitrogens is 3. The van der Waals surface area contributed by atoms with E-state index in [9.17, 15) is 27.6 Å². The lowest BCUT2D eigenvalue weighted by molar-refractivity contribution is -0.141. The van der Waals surface area contributed by atoms with Gasteiger partial charge in [-0.1, -0.05) is 23.2 Å². The minimum Gasteiger partial charge on any atom is -0.378 e. The summed E-state index contributed by atoms with van der Waals surface area (Å²) in [4.78, 5) is 43.9. The molecule has 0 saturated carbocycles. The highest BCUT2D eigenvalue weighted by Crippen LogP contribution is 2.31. The molecule has 3 heterocycles. The lowest BCUT2D eigenvalue weighted by Gasteiger charge is -2.27. The predicted molar refractivity (Wildman–Crippen MR) is 134 cm³/mol. The molecule has 1 fully saturated rings. The van der Waals surface area contributed by atoms with E-state index < -0.39 is 35.4 Å². The van der Waals surface area contributed by atoms with Crippen LogP contribution in [0, 0.1) is 6.92 Å². The maximum Gasteiger partial charge on any atom is 0.435 e. The molecule has 1 saturated heterocycles. The fourth-order valence-corrected chi connectivity index (χ4v) is 4.14. The second-order valence-electron chi connectivity index (χ2n) is 8.22. The molecule has 0 bridgehead atoms. The largest absolute Gasteiger partial charge is 0.435 e. The fraction of sp³-hybridized carbons (Fsp3) is 0.261. The van der Waals surface area contributed by atoms with Crippen LogP contribution in [0.4, 0.5) is 23.7 Å². The number of alkyl halides is 3. The smallest absolute Gasteiger partial charge is 0.378 e. The third kappa shape index (κ3) is 6.41. The number of hydrogen-bond acceptors (Lipinski definition) is 6. The summed E-state index contributed by atoms with van der Waals surface area (Å²) in [6.45, 7) is 2.88. The van der Waals surface area contributed by atoms with Crippen molar-refractivity contribution in [3.05, 3.63) is 69.1 Å². The molecule has 0 unspecified atom stereocenters. The summed E-state index contributed by atoms with van der Waals surface area (Å²) in [5.41, 5.74) is 2.71. The number of nitrogens with zero attached hydrogens (tertiary/aromatic N) is 4. The van der Waals surface area contributed by atoms with E-state index in [1.54, 1.807) is 0 Å². The van der Waals surface area contributed by atoms with Crippen LogP contribution < -0.4 is 16.2 Å². The molecule has 4 amide bonds. The summed E-state index contributed by atoms with van der Waals surface area (Å²) in [6, 6.07) is 5.46. The number of hydrazine groups is 1. The van der Waals surface area contributed by atoms with Gasteiger partial charge in [-0.05, 0) is 36.8 Å². The highest BCUT2D eigenvalue weighted by molar-refractivity contribution is 6.32. The highest BCUT2D eigenvalue weighted by Gasteiger charge is 2.37. The second-order valence-corrected chi connectivity index (χ2v) is 9.06. The number of carbonyl (C=O) groups is 3. The molecule has 1 aliphatic rings. The Morgan fingerprint density at radius 1 is 1.05 bits per heavy atom. The Balaban J connectivity index is 1.63. The first-order chi connectivity index (χ1) is 18.5. The van der Waals surface area contributed by atoms with Crippen LogP contribution in [0.2, 0.25) is 10.0 Å². The van der Waals surface area contributed by atoms with Crippen LogP contribution in [0.5, 0.6) is 0 Å². The van der Waals surface area contributed by atoms with Crippen molar-refractivity contribution < 1.29 is 32.3 Å². The summed E-state index contributed by atoms with van der Waals surface area (Å²) in [6.07, 6.45) is -3.60. The quantitative estimate of drug-likeness (QED) is 0.399. The second kappa shape index (κ2) is 11.5. The van der Waals surface area contributed by atoms with Crippen molar-refractivity contribution in [1.29, 1.82) is 0 Å². The summed E-state index contributed by atoms with van der Waals surface area (Å²) >= 11 is 12.2. The monoisotopic (exact) mass is 585 g/mol. The summed E-state index contributed by atoms with van der Waals surface area (Å²) in [5.74, 6) is -2.09. The zero-order chi connectivity index (χ0) is 28.3. The molecule has 0 atom stereocenters. The first-order valence-electron chi connectivity index (χ1n) is 11.3. The zero-order valence-electron chi connectivity index (χ0n) is 20.1. The van der Waals surface area contributed by atoms with Crippen LogP contribution in [0.1, 0.15) is 32.1 Å². The number of halogens is 5. The van der Waals surface area contributed by atoms with Gasteiger partial charge in [-0.25, -0.2) is 19.9 Å². The Kier molecular flexibility index (Phi) is 8.28. The molecule has 0 aliphatic carbocycles. The van der Waals surface area contributed by atoms with Crippen molar-refractivity contribution in [2.24, 2.45) is 0 Å². The van der Waals surface area contributed by atoms with Gasteiger partial charge in [0.05, 0.1) is 29.5 Å². The summed E-state index contributed by atoms with van der Waals surface area (Å²) in [5, 5.41) is 6.02. The first-order valence-corrected chi connectivity index (χ1v) is 12.0. The number of ether oxygens (including phenoxy) is 1. The number of urea groups is 1. The van der Waals surface area contributed by atoms with Crippen LogP contribution in [0.3, 0.4) is 0 Å². The highest BCUT2D eigenvalue weighted by atomic mass is 35.5. The van der Waals surface area contributed by atoms with Gasteiger partial charge < -0.3 is 15.0 Å². The van der Waals surface area contributed by atoms with Gasteiger partial charge in [0.1, 0.15) is 5.69 Å². The number of pyridine rings is 1. The average molecular weight is 586 g/mol. The molecule has 1 aliphatic heterocycles. The van der Waals surface area contributed by atoms with Gasteiger partial charge in [-0.15, -0.1) is 0 Å². The SMILES string of the molecule is Cc1cc(Cl)cc(C(=O)NNC(=O)N2CCOCC2)c1NC(=O)c1cc(C(F)(F)F)nn1-c1ncccc1Cl. The van der Waals surface area contributed by atoms with Crippen LogP contribution >= 0.6 is 23.2 Å². The molecule has 4 rings (SSSR count). The van der Waals surface area contributed by atoms with Crippen molar-refractivity contribution in [2.45, 2.75) is 13.1 Å². The number of carbonyl (C=O) groups excluding carboxylic acids is 3. The normalized spacial score (nSPS) is 13.6. The lowest BCUT2D eigenvalue weighted by Crippen LogP contribution is -2.52. The van der Waals surface area contributed by atoms with E-state index in [4.69, 9.17) is 27.9 Å². The molecule has 1 aromatic carbocycles. The van der Waals surface area contributed by atoms with E-state index in [1.165, 1.54) is 42.3 Å². The number of anilines is 1. The van der Waals surface area contributed by atoms with E-state index in [0.29, 0.717) is 42.6 Å².